The molecule has 0 N–H and O–H groups in total. The normalized spacial score (nSPS) is 10.5. The van der Waals surface area contributed by atoms with Gasteiger partial charge >= 0.3 is 0 Å². The number of rotatable bonds is 2. The Bertz CT molecular complexity index is 275. The SMILES string of the molecule is C/C(=C\CBr)c1ccc(F)cc1.CC. The van der Waals surface area contributed by atoms with E-state index in [-0.39, 0.29) is 5.82 Å². The van der Waals surface area contributed by atoms with Gasteiger partial charge in [-0.1, -0.05) is 48.0 Å². The molecule has 2 heteroatoms. The highest BCUT2D eigenvalue weighted by atomic mass is 79.9. The second kappa shape index (κ2) is 7.74. The number of alkyl halides is 1. The average Bonchev–Trinajstić information content (AvgIpc) is 2.22. The lowest BCUT2D eigenvalue weighted by Gasteiger charge is -1.99. The predicted octanol–water partition coefficient (Wildman–Crippen LogP) is 4.65. The van der Waals surface area contributed by atoms with Crippen molar-refractivity contribution in [3.05, 3.63) is 41.7 Å². The van der Waals surface area contributed by atoms with Gasteiger partial charge < -0.3 is 0 Å². The summed E-state index contributed by atoms with van der Waals surface area (Å²) >= 11 is 3.31. The highest BCUT2D eigenvalue weighted by Gasteiger charge is 1.94. The average molecular weight is 259 g/mol. The molecule has 0 radical (unpaired) electrons. The van der Waals surface area contributed by atoms with E-state index in [4.69, 9.17) is 0 Å². The molecule has 0 heterocycles. The third kappa shape index (κ3) is 4.56. The smallest absolute Gasteiger partial charge is 0.123 e. The van der Waals surface area contributed by atoms with Gasteiger partial charge in [0, 0.05) is 5.33 Å². The number of benzene rings is 1. The number of allylic oxidation sites excluding steroid dienone is 2. The third-order valence-electron chi connectivity index (χ3n) is 1.68. The van der Waals surface area contributed by atoms with Crippen LogP contribution in [-0.4, -0.2) is 5.33 Å². The van der Waals surface area contributed by atoms with Crippen molar-refractivity contribution >= 4 is 21.5 Å². The summed E-state index contributed by atoms with van der Waals surface area (Å²) in [4.78, 5) is 0. The van der Waals surface area contributed by atoms with Gasteiger partial charge in [-0.15, -0.1) is 0 Å². The molecule has 14 heavy (non-hydrogen) atoms. The quantitative estimate of drug-likeness (QED) is 0.678. The lowest BCUT2D eigenvalue weighted by Crippen LogP contribution is -1.80. The zero-order chi connectivity index (χ0) is 11.0. The Kier molecular flexibility index (Phi) is 7.40. The van der Waals surface area contributed by atoms with Crippen molar-refractivity contribution in [2.24, 2.45) is 0 Å². The van der Waals surface area contributed by atoms with Crippen LogP contribution in [0.2, 0.25) is 0 Å². The molecule has 0 aromatic heterocycles. The van der Waals surface area contributed by atoms with Gasteiger partial charge in [0.2, 0.25) is 0 Å². The van der Waals surface area contributed by atoms with Crippen molar-refractivity contribution in [3.63, 3.8) is 0 Å². The topological polar surface area (TPSA) is 0 Å². The molecule has 0 fully saturated rings. The van der Waals surface area contributed by atoms with Crippen LogP contribution in [-0.2, 0) is 0 Å². The Morgan fingerprint density at radius 1 is 1.29 bits per heavy atom. The molecule has 0 amide bonds. The lowest BCUT2D eigenvalue weighted by molar-refractivity contribution is 0.627. The van der Waals surface area contributed by atoms with Gasteiger partial charge in [-0.05, 0) is 30.2 Å². The molecule has 0 unspecified atom stereocenters. The summed E-state index contributed by atoms with van der Waals surface area (Å²) < 4.78 is 12.5. The standard InChI is InChI=1S/C10H10BrF.C2H6/c1-8(6-7-11)9-2-4-10(12)5-3-9;1-2/h2-6H,7H2,1H3;1-2H3/b8-6+;. The van der Waals surface area contributed by atoms with Gasteiger partial charge in [-0.2, -0.15) is 0 Å². The molecule has 0 aliphatic rings. The molecular weight excluding hydrogens is 243 g/mol. The number of hydrogen-bond acceptors (Lipinski definition) is 0. The maximum absolute atomic E-state index is 12.5. The van der Waals surface area contributed by atoms with Crippen molar-refractivity contribution in [2.75, 3.05) is 5.33 Å². The van der Waals surface area contributed by atoms with Gasteiger partial charge in [-0.3, -0.25) is 0 Å². The minimum absolute atomic E-state index is 0.189. The van der Waals surface area contributed by atoms with Crippen LogP contribution in [0.1, 0.15) is 26.3 Å². The first kappa shape index (κ1) is 13.4. The summed E-state index contributed by atoms with van der Waals surface area (Å²) in [7, 11) is 0. The van der Waals surface area contributed by atoms with Crippen LogP contribution in [0.15, 0.2) is 30.3 Å². The summed E-state index contributed by atoms with van der Waals surface area (Å²) in [5.41, 5.74) is 2.22. The molecule has 78 valence electrons. The largest absolute Gasteiger partial charge is 0.207 e. The van der Waals surface area contributed by atoms with E-state index in [1.165, 1.54) is 12.1 Å². The Morgan fingerprint density at radius 2 is 1.79 bits per heavy atom. The van der Waals surface area contributed by atoms with E-state index >= 15 is 0 Å². The molecule has 1 aromatic carbocycles. The monoisotopic (exact) mass is 258 g/mol. The minimum Gasteiger partial charge on any atom is -0.207 e. The first-order valence-corrected chi connectivity index (χ1v) is 5.85. The van der Waals surface area contributed by atoms with Crippen LogP contribution in [0, 0.1) is 5.82 Å². The van der Waals surface area contributed by atoms with E-state index in [0.717, 1.165) is 16.5 Å². The fraction of sp³-hybridized carbons (Fsp3) is 0.333. The van der Waals surface area contributed by atoms with Gasteiger partial charge in [0.15, 0.2) is 0 Å². The van der Waals surface area contributed by atoms with Crippen molar-refractivity contribution in [3.8, 4) is 0 Å². The fourth-order valence-electron chi connectivity index (χ4n) is 0.946. The van der Waals surface area contributed by atoms with E-state index in [0.29, 0.717) is 0 Å². The van der Waals surface area contributed by atoms with Crippen LogP contribution >= 0.6 is 15.9 Å². The fourth-order valence-corrected chi connectivity index (χ4v) is 1.43. The van der Waals surface area contributed by atoms with Gasteiger partial charge in [0.05, 0.1) is 0 Å². The highest BCUT2D eigenvalue weighted by molar-refractivity contribution is 9.09. The zero-order valence-corrected chi connectivity index (χ0v) is 10.4. The maximum Gasteiger partial charge on any atom is 0.123 e. The number of halogens is 2. The van der Waals surface area contributed by atoms with Crippen LogP contribution in [0.4, 0.5) is 4.39 Å². The van der Waals surface area contributed by atoms with Crippen molar-refractivity contribution < 1.29 is 4.39 Å². The second-order valence-corrected chi connectivity index (χ2v) is 3.20. The van der Waals surface area contributed by atoms with Crippen LogP contribution in [0.3, 0.4) is 0 Å². The Balaban J connectivity index is 0.000000791. The first-order valence-electron chi connectivity index (χ1n) is 4.72. The molecule has 0 nitrogen and oxygen atoms in total. The summed E-state index contributed by atoms with van der Waals surface area (Å²) in [5.74, 6) is -0.189. The molecule has 0 atom stereocenters. The third-order valence-corrected chi connectivity index (χ3v) is 2.01. The van der Waals surface area contributed by atoms with Crippen LogP contribution < -0.4 is 0 Å². The predicted molar refractivity (Wildman–Crippen MR) is 65.2 cm³/mol. The summed E-state index contributed by atoms with van der Waals surface area (Å²) in [5, 5.41) is 0.830. The Morgan fingerprint density at radius 3 is 2.21 bits per heavy atom. The number of hydrogen-bond donors (Lipinski definition) is 0. The molecule has 1 aromatic rings. The molecule has 0 bridgehead atoms. The van der Waals surface area contributed by atoms with Gasteiger partial charge in [-0.25, -0.2) is 4.39 Å². The van der Waals surface area contributed by atoms with E-state index in [2.05, 4.69) is 15.9 Å². The summed E-state index contributed by atoms with van der Waals surface area (Å²) in [6, 6.07) is 6.51. The maximum atomic E-state index is 12.5. The van der Waals surface area contributed by atoms with Crippen LogP contribution in [0.25, 0.3) is 5.57 Å². The molecule has 0 aliphatic heterocycles. The van der Waals surface area contributed by atoms with Crippen molar-refractivity contribution in [2.45, 2.75) is 20.8 Å². The molecule has 0 saturated heterocycles. The zero-order valence-electron chi connectivity index (χ0n) is 8.85. The minimum atomic E-state index is -0.189. The van der Waals surface area contributed by atoms with Crippen molar-refractivity contribution in [1.82, 2.24) is 0 Å². The molecule has 0 aliphatic carbocycles. The van der Waals surface area contributed by atoms with Crippen molar-refractivity contribution in [1.29, 1.82) is 0 Å². The second-order valence-electron chi connectivity index (χ2n) is 2.55. The van der Waals surface area contributed by atoms with E-state index in [9.17, 15) is 4.39 Å². The highest BCUT2D eigenvalue weighted by Crippen LogP contribution is 2.14. The Hall–Kier alpha value is -0.630. The molecule has 0 saturated carbocycles. The molecule has 1 rings (SSSR count). The lowest BCUT2D eigenvalue weighted by atomic mass is 10.1. The van der Waals surface area contributed by atoms with Gasteiger partial charge in [0.1, 0.15) is 5.82 Å². The molecule has 0 spiro atoms. The van der Waals surface area contributed by atoms with E-state index in [1.54, 1.807) is 12.1 Å². The van der Waals surface area contributed by atoms with E-state index in [1.807, 2.05) is 26.8 Å². The first-order chi connectivity index (χ1) is 6.74. The molecular formula is C12H16BrF. The van der Waals surface area contributed by atoms with E-state index < -0.39 is 0 Å². The van der Waals surface area contributed by atoms with Crippen LogP contribution in [0.5, 0.6) is 0 Å². The van der Waals surface area contributed by atoms with Gasteiger partial charge in [0.25, 0.3) is 0 Å². The summed E-state index contributed by atoms with van der Waals surface area (Å²) in [6.07, 6.45) is 2.05. The summed E-state index contributed by atoms with van der Waals surface area (Å²) in [6.45, 7) is 6.01. The Labute approximate surface area is 94.0 Å².